The van der Waals surface area contributed by atoms with Crippen molar-refractivity contribution < 1.29 is 14.3 Å². The van der Waals surface area contributed by atoms with E-state index in [2.05, 4.69) is 24.4 Å². The van der Waals surface area contributed by atoms with Crippen molar-refractivity contribution in [3.05, 3.63) is 28.8 Å². The van der Waals surface area contributed by atoms with Gasteiger partial charge in [-0.1, -0.05) is 19.1 Å². The first kappa shape index (κ1) is 16.5. The molecule has 0 aromatic heterocycles. The molecule has 1 aromatic carbocycles. The number of benzene rings is 1. The largest absolute Gasteiger partial charge is 0.478 e. The van der Waals surface area contributed by atoms with E-state index >= 15 is 0 Å². The SMILES string of the molecule is CCNCc1cc(C)c(OC(C)C(=O)OCC)c(C)c1. The quantitative estimate of drug-likeness (QED) is 0.780. The van der Waals surface area contributed by atoms with Crippen LogP contribution in [0.2, 0.25) is 0 Å². The minimum absolute atomic E-state index is 0.331. The highest BCUT2D eigenvalue weighted by atomic mass is 16.6. The summed E-state index contributed by atoms with van der Waals surface area (Å²) in [6.07, 6.45) is -0.591. The molecule has 0 aliphatic heterocycles. The van der Waals surface area contributed by atoms with Gasteiger partial charge in [0.05, 0.1) is 6.61 Å². The summed E-state index contributed by atoms with van der Waals surface area (Å²) in [4.78, 5) is 11.6. The third kappa shape index (κ3) is 4.53. The van der Waals surface area contributed by atoms with Crippen molar-refractivity contribution in [2.45, 2.75) is 47.3 Å². The fourth-order valence-electron chi connectivity index (χ4n) is 2.08. The monoisotopic (exact) mass is 279 g/mol. The fourth-order valence-corrected chi connectivity index (χ4v) is 2.08. The number of hydrogen-bond acceptors (Lipinski definition) is 4. The zero-order valence-electron chi connectivity index (χ0n) is 13.1. The molecule has 1 rings (SSSR count). The van der Waals surface area contributed by atoms with Crippen molar-refractivity contribution in [3.8, 4) is 5.75 Å². The minimum Gasteiger partial charge on any atom is -0.478 e. The molecule has 1 atom stereocenters. The predicted molar refractivity (Wildman–Crippen MR) is 80.0 cm³/mol. The summed E-state index contributed by atoms with van der Waals surface area (Å²) in [5.74, 6) is 0.439. The second-order valence-electron chi connectivity index (χ2n) is 4.85. The third-order valence-electron chi connectivity index (χ3n) is 3.01. The maximum atomic E-state index is 11.6. The van der Waals surface area contributed by atoms with E-state index in [1.54, 1.807) is 13.8 Å². The van der Waals surface area contributed by atoms with E-state index in [1.807, 2.05) is 13.8 Å². The van der Waals surface area contributed by atoms with Crippen LogP contribution >= 0.6 is 0 Å². The van der Waals surface area contributed by atoms with E-state index in [1.165, 1.54) is 5.56 Å². The number of rotatable bonds is 7. The maximum Gasteiger partial charge on any atom is 0.347 e. The molecule has 1 aromatic rings. The van der Waals surface area contributed by atoms with Crippen LogP contribution in [0.4, 0.5) is 0 Å². The van der Waals surface area contributed by atoms with Crippen LogP contribution in [0.15, 0.2) is 12.1 Å². The molecule has 1 unspecified atom stereocenters. The standard InChI is InChI=1S/C16H25NO3/c1-6-17-10-14-8-11(3)15(12(4)9-14)20-13(5)16(18)19-7-2/h8-9,13,17H,6-7,10H2,1-5H3. The Morgan fingerprint density at radius 1 is 1.25 bits per heavy atom. The summed E-state index contributed by atoms with van der Waals surface area (Å²) in [6.45, 7) is 11.7. The molecule has 0 heterocycles. The van der Waals surface area contributed by atoms with Crippen LogP contribution in [-0.2, 0) is 16.1 Å². The van der Waals surface area contributed by atoms with Crippen LogP contribution in [-0.4, -0.2) is 25.2 Å². The first-order valence-electron chi connectivity index (χ1n) is 7.13. The molecule has 0 saturated carbocycles. The van der Waals surface area contributed by atoms with Crippen LogP contribution in [0.25, 0.3) is 0 Å². The van der Waals surface area contributed by atoms with Crippen molar-refractivity contribution in [3.63, 3.8) is 0 Å². The lowest BCUT2D eigenvalue weighted by Crippen LogP contribution is -2.26. The number of nitrogens with one attached hydrogen (secondary N) is 1. The molecule has 20 heavy (non-hydrogen) atoms. The van der Waals surface area contributed by atoms with Gasteiger partial charge in [0.2, 0.25) is 0 Å². The summed E-state index contributed by atoms with van der Waals surface area (Å²) < 4.78 is 10.7. The van der Waals surface area contributed by atoms with E-state index in [-0.39, 0.29) is 5.97 Å². The van der Waals surface area contributed by atoms with Crippen LogP contribution in [0.1, 0.15) is 37.5 Å². The number of carbonyl (C=O) groups is 1. The molecule has 0 amide bonds. The highest BCUT2D eigenvalue weighted by molar-refractivity contribution is 5.74. The molecule has 1 N–H and O–H groups in total. The topological polar surface area (TPSA) is 47.6 Å². The number of hydrogen-bond donors (Lipinski definition) is 1. The predicted octanol–water partition coefficient (Wildman–Crippen LogP) is 2.74. The Balaban J connectivity index is 2.83. The van der Waals surface area contributed by atoms with E-state index in [0.717, 1.165) is 30.0 Å². The molecule has 4 heteroatoms. The molecule has 0 radical (unpaired) electrons. The molecule has 4 nitrogen and oxygen atoms in total. The first-order chi connectivity index (χ1) is 9.49. The second kappa shape index (κ2) is 7.90. The summed E-state index contributed by atoms with van der Waals surface area (Å²) in [6, 6.07) is 4.17. The summed E-state index contributed by atoms with van der Waals surface area (Å²) in [7, 11) is 0. The van der Waals surface area contributed by atoms with Gasteiger partial charge >= 0.3 is 5.97 Å². The molecule has 0 spiro atoms. The molecule has 112 valence electrons. The second-order valence-corrected chi connectivity index (χ2v) is 4.85. The average Bonchev–Trinajstić information content (AvgIpc) is 2.40. The Morgan fingerprint density at radius 3 is 2.35 bits per heavy atom. The molecule has 0 aliphatic carbocycles. The first-order valence-corrected chi connectivity index (χ1v) is 7.13. The van der Waals surface area contributed by atoms with Crippen LogP contribution < -0.4 is 10.1 Å². The van der Waals surface area contributed by atoms with E-state index in [4.69, 9.17) is 9.47 Å². The number of carbonyl (C=O) groups excluding carboxylic acids is 1. The Hall–Kier alpha value is -1.55. The molecule has 0 bridgehead atoms. The van der Waals surface area contributed by atoms with Gasteiger partial charge in [-0.25, -0.2) is 4.79 Å². The smallest absolute Gasteiger partial charge is 0.347 e. The lowest BCUT2D eigenvalue weighted by atomic mass is 10.1. The van der Waals surface area contributed by atoms with Gasteiger partial charge in [-0.3, -0.25) is 0 Å². The summed E-state index contributed by atoms with van der Waals surface area (Å²) >= 11 is 0. The Kier molecular flexibility index (Phi) is 6.52. The van der Waals surface area contributed by atoms with Crippen molar-refractivity contribution in [1.29, 1.82) is 0 Å². The fraction of sp³-hybridized carbons (Fsp3) is 0.562. The van der Waals surface area contributed by atoms with Gasteiger partial charge in [0.25, 0.3) is 0 Å². The van der Waals surface area contributed by atoms with Crippen molar-refractivity contribution in [1.82, 2.24) is 5.32 Å². The Bertz CT molecular complexity index is 434. The molecular formula is C16H25NO3. The van der Waals surface area contributed by atoms with Crippen molar-refractivity contribution >= 4 is 5.97 Å². The van der Waals surface area contributed by atoms with Gasteiger partial charge in [0.1, 0.15) is 5.75 Å². The normalized spacial score (nSPS) is 12.1. The van der Waals surface area contributed by atoms with Crippen LogP contribution in [0, 0.1) is 13.8 Å². The van der Waals surface area contributed by atoms with Crippen molar-refractivity contribution in [2.24, 2.45) is 0 Å². The third-order valence-corrected chi connectivity index (χ3v) is 3.01. The highest BCUT2D eigenvalue weighted by Crippen LogP contribution is 2.26. The maximum absolute atomic E-state index is 11.6. The summed E-state index contributed by atoms with van der Waals surface area (Å²) in [5, 5.41) is 3.30. The van der Waals surface area contributed by atoms with Gasteiger partial charge in [-0.15, -0.1) is 0 Å². The van der Waals surface area contributed by atoms with Gasteiger partial charge in [0.15, 0.2) is 6.10 Å². The molecule has 0 saturated heterocycles. The lowest BCUT2D eigenvalue weighted by molar-refractivity contribution is -0.150. The number of ether oxygens (including phenoxy) is 2. The number of esters is 1. The zero-order valence-corrected chi connectivity index (χ0v) is 13.1. The molecule has 0 fully saturated rings. The lowest BCUT2D eigenvalue weighted by Gasteiger charge is -2.18. The number of aryl methyl sites for hydroxylation is 2. The molecular weight excluding hydrogens is 254 g/mol. The Morgan fingerprint density at radius 2 is 1.85 bits per heavy atom. The minimum atomic E-state index is -0.591. The van der Waals surface area contributed by atoms with Gasteiger partial charge in [-0.05, 0) is 50.9 Å². The van der Waals surface area contributed by atoms with E-state index in [0.29, 0.717) is 6.61 Å². The summed E-state index contributed by atoms with van der Waals surface area (Å²) in [5.41, 5.74) is 3.29. The van der Waals surface area contributed by atoms with Gasteiger partial charge < -0.3 is 14.8 Å². The van der Waals surface area contributed by atoms with Gasteiger partial charge in [-0.2, -0.15) is 0 Å². The zero-order chi connectivity index (χ0) is 15.1. The Labute approximate surface area is 121 Å². The van der Waals surface area contributed by atoms with E-state index in [9.17, 15) is 4.79 Å². The highest BCUT2D eigenvalue weighted by Gasteiger charge is 2.18. The van der Waals surface area contributed by atoms with Crippen molar-refractivity contribution in [2.75, 3.05) is 13.2 Å². The van der Waals surface area contributed by atoms with Gasteiger partial charge in [0, 0.05) is 6.54 Å². The molecule has 0 aliphatic rings. The van der Waals surface area contributed by atoms with Crippen LogP contribution in [0.5, 0.6) is 5.75 Å². The average molecular weight is 279 g/mol. The van der Waals surface area contributed by atoms with E-state index < -0.39 is 6.10 Å². The van der Waals surface area contributed by atoms with Crippen LogP contribution in [0.3, 0.4) is 0 Å².